The van der Waals surface area contributed by atoms with Crippen LogP contribution in [0.5, 0.6) is 0 Å². The van der Waals surface area contributed by atoms with Crippen molar-refractivity contribution in [1.82, 2.24) is 0 Å². The molecule has 3 atom stereocenters. The Morgan fingerprint density at radius 2 is 1.06 bits per heavy atom. The van der Waals surface area contributed by atoms with Gasteiger partial charge in [-0.05, 0) is 19.3 Å². The fraction of sp³-hybridized carbons (Fsp3) is 1.00. The van der Waals surface area contributed by atoms with Crippen molar-refractivity contribution >= 4 is 42.6 Å². The summed E-state index contributed by atoms with van der Waals surface area (Å²) in [6.45, 7) is 5.33. The molecule has 8 heteroatoms. The lowest BCUT2D eigenvalue weighted by Gasteiger charge is -2.23. The summed E-state index contributed by atoms with van der Waals surface area (Å²) in [5.74, 6) is 0. The highest BCUT2D eigenvalue weighted by atomic mass is 35.5. The van der Waals surface area contributed by atoms with E-state index in [1.54, 1.807) is 20.8 Å². The van der Waals surface area contributed by atoms with Gasteiger partial charge in [-0.3, -0.25) is 13.6 Å². The average molecular weight is 328 g/mol. The van der Waals surface area contributed by atoms with Gasteiger partial charge in [0.1, 0.15) is 16.7 Å². The molecule has 0 heterocycles. The summed E-state index contributed by atoms with van der Waals surface area (Å²) in [4.78, 5) is 0. The molecule has 0 aliphatic heterocycles. The number of hydrogen-bond acceptors (Lipinski definition) is 4. The molecule has 0 aromatic carbocycles. The van der Waals surface area contributed by atoms with Crippen molar-refractivity contribution in [2.45, 2.75) is 56.7 Å². The number of phosphoric ester groups is 1. The van der Waals surface area contributed by atoms with Crippen molar-refractivity contribution in [3.8, 4) is 0 Å². The Labute approximate surface area is 117 Å². The van der Waals surface area contributed by atoms with Crippen molar-refractivity contribution < 1.29 is 18.1 Å². The summed E-state index contributed by atoms with van der Waals surface area (Å²) < 4.78 is 27.3. The number of rotatable bonds is 9. The molecule has 0 saturated carbocycles. The van der Waals surface area contributed by atoms with E-state index in [1.807, 2.05) is 0 Å². The normalized spacial score (nSPS) is 17.8. The van der Waals surface area contributed by atoms with Gasteiger partial charge in [-0.1, -0.05) is 55.6 Å². The molecular weight excluding hydrogens is 309 g/mol. The largest absolute Gasteiger partial charge is 0.479 e. The maximum Gasteiger partial charge on any atom is 0.479 e. The van der Waals surface area contributed by atoms with Gasteiger partial charge in [0.05, 0.1) is 0 Å². The third-order valence-electron chi connectivity index (χ3n) is 1.69. The van der Waals surface area contributed by atoms with Crippen LogP contribution in [-0.2, 0) is 18.1 Å². The average Bonchev–Trinajstić information content (AvgIpc) is 2.27. The zero-order valence-corrected chi connectivity index (χ0v) is 13.2. The molecule has 0 fully saturated rings. The van der Waals surface area contributed by atoms with E-state index in [9.17, 15) is 4.57 Å². The first-order valence-corrected chi connectivity index (χ1v) is 8.21. The Kier molecular flexibility index (Phi) is 9.49. The lowest BCUT2D eigenvalue weighted by Crippen LogP contribution is -2.13. The lowest BCUT2D eigenvalue weighted by atomic mass is 10.5. The summed E-state index contributed by atoms with van der Waals surface area (Å²) in [7, 11) is -3.83. The Morgan fingerprint density at radius 1 is 0.824 bits per heavy atom. The summed E-state index contributed by atoms with van der Waals surface area (Å²) in [6, 6.07) is 0. The van der Waals surface area contributed by atoms with Crippen LogP contribution in [0.15, 0.2) is 0 Å². The van der Waals surface area contributed by atoms with E-state index < -0.39 is 24.5 Å². The zero-order chi connectivity index (χ0) is 13.5. The predicted molar refractivity (Wildman–Crippen MR) is 70.7 cm³/mol. The van der Waals surface area contributed by atoms with Crippen LogP contribution in [0.25, 0.3) is 0 Å². The fourth-order valence-corrected chi connectivity index (χ4v) is 3.03. The van der Waals surface area contributed by atoms with Crippen molar-refractivity contribution in [3.05, 3.63) is 0 Å². The van der Waals surface area contributed by atoms with Crippen LogP contribution in [0.2, 0.25) is 0 Å². The Morgan fingerprint density at radius 3 is 1.24 bits per heavy atom. The van der Waals surface area contributed by atoms with Crippen LogP contribution in [-0.4, -0.2) is 16.7 Å². The highest BCUT2D eigenvalue weighted by molar-refractivity contribution is 7.48. The third-order valence-corrected chi connectivity index (χ3v) is 4.80. The minimum Gasteiger partial charge on any atom is -0.267 e. The fourth-order valence-electron chi connectivity index (χ4n) is 0.718. The van der Waals surface area contributed by atoms with Crippen LogP contribution in [0.1, 0.15) is 40.0 Å². The van der Waals surface area contributed by atoms with Crippen LogP contribution in [0, 0.1) is 0 Å². The molecule has 0 bridgehead atoms. The van der Waals surface area contributed by atoms with E-state index in [0.29, 0.717) is 19.3 Å². The summed E-state index contributed by atoms with van der Waals surface area (Å²) in [6.07, 6.45) is 1.36. The molecular formula is C9H18Cl3O4P. The van der Waals surface area contributed by atoms with Gasteiger partial charge < -0.3 is 0 Å². The molecule has 104 valence electrons. The molecule has 0 aliphatic carbocycles. The standard InChI is InChI=1S/C9H18Cl3O4P/c1-4-7(10)14-17(13,15-8(11)5-2)16-9(12)6-3/h7-9H,4-6H2,1-3H3/t7-,8-,9-/m1/s1. The van der Waals surface area contributed by atoms with Gasteiger partial charge in [0.25, 0.3) is 0 Å². The van der Waals surface area contributed by atoms with E-state index in [2.05, 4.69) is 0 Å². The number of alkyl halides is 3. The van der Waals surface area contributed by atoms with E-state index in [0.717, 1.165) is 0 Å². The molecule has 0 aromatic heterocycles. The molecule has 0 radical (unpaired) electrons. The zero-order valence-electron chi connectivity index (χ0n) is 10.1. The van der Waals surface area contributed by atoms with Gasteiger partial charge in [0.15, 0.2) is 0 Å². The molecule has 17 heavy (non-hydrogen) atoms. The molecule has 0 amide bonds. The molecule has 0 unspecified atom stereocenters. The molecule has 0 rings (SSSR count). The lowest BCUT2D eigenvalue weighted by molar-refractivity contribution is 0.0827. The maximum atomic E-state index is 12.2. The van der Waals surface area contributed by atoms with Gasteiger partial charge in [0.2, 0.25) is 0 Å². The first kappa shape index (κ1) is 18.0. The SMILES string of the molecule is CC[C@H](Cl)OP(=O)(O[C@@H](Cl)CC)O[C@@H](Cl)CC. The van der Waals surface area contributed by atoms with Crippen molar-refractivity contribution in [3.63, 3.8) is 0 Å². The third kappa shape index (κ3) is 7.89. The summed E-state index contributed by atoms with van der Waals surface area (Å²) in [5.41, 5.74) is -2.33. The molecule has 0 aromatic rings. The van der Waals surface area contributed by atoms with Gasteiger partial charge in [0, 0.05) is 0 Å². The van der Waals surface area contributed by atoms with E-state index in [-0.39, 0.29) is 0 Å². The second-order valence-electron chi connectivity index (χ2n) is 3.22. The molecule has 4 nitrogen and oxygen atoms in total. The van der Waals surface area contributed by atoms with Crippen LogP contribution in [0.3, 0.4) is 0 Å². The molecule has 0 saturated heterocycles. The Hall–Kier alpha value is 0.980. The highest BCUT2D eigenvalue weighted by Gasteiger charge is 2.34. The van der Waals surface area contributed by atoms with Crippen molar-refractivity contribution in [2.24, 2.45) is 0 Å². The number of halogens is 3. The van der Waals surface area contributed by atoms with E-state index in [4.69, 9.17) is 48.4 Å². The van der Waals surface area contributed by atoms with Gasteiger partial charge in [-0.15, -0.1) is 0 Å². The van der Waals surface area contributed by atoms with Crippen molar-refractivity contribution in [1.29, 1.82) is 0 Å². The minimum absolute atomic E-state index is 0.455. The minimum atomic E-state index is -3.83. The van der Waals surface area contributed by atoms with Crippen LogP contribution >= 0.6 is 42.6 Å². The first-order valence-electron chi connectivity index (χ1n) is 5.44. The van der Waals surface area contributed by atoms with Crippen LogP contribution in [0.4, 0.5) is 0 Å². The molecule has 0 spiro atoms. The molecule has 0 aliphatic rings. The van der Waals surface area contributed by atoms with E-state index in [1.165, 1.54) is 0 Å². The van der Waals surface area contributed by atoms with Gasteiger partial charge >= 0.3 is 7.82 Å². The Bertz CT molecular complexity index is 216. The maximum absolute atomic E-state index is 12.2. The highest BCUT2D eigenvalue weighted by Crippen LogP contribution is 2.54. The second kappa shape index (κ2) is 8.98. The van der Waals surface area contributed by atoms with Gasteiger partial charge in [-0.25, -0.2) is 4.57 Å². The topological polar surface area (TPSA) is 44.8 Å². The predicted octanol–water partition coefficient (Wildman–Crippen LogP) is 5.07. The quantitative estimate of drug-likeness (QED) is 0.438. The first-order chi connectivity index (χ1) is 7.86. The number of phosphoric acid groups is 1. The smallest absolute Gasteiger partial charge is 0.267 e. The van der Waals surface area contributed by atoms with Crippen LogP contribution < -0.4 is 0 Å². The second-order valence-corrected chi connectivity index (χ2v) is 6.21. The van der Waals surface area contributed by atoms with E-state index >= 15 is 0 Å². The monoisotopic (exact) mass is 326 g/mol. The Balaban J connectivity index is 4.62. The number of hydrogen-bond donors (Lipinski definition) is 0. The van der Waals surface area contributed by atoms with Crippen molar-refractivity contribution in [2.75, 3.05) is 0 Å². The summed E-state index contributed by atoms with van der Waals surface area (Å²) >= 11 is 17.3. The summed E-state index contributed by atoms with van der Waals surface area (Å²) in [5, 5.41) is 0. The molecule has 0 N–H and O–H groups in total. The van der Waals surface area contributed by atoms with Gasteiger partial charge in [-0.2, -0.15) is 0 Å².